The van der Waals surface area contributed by atoms with Crippen LogP contribution < -0.4 is 10.5 Å². The summed E-state index contributed by atoms with van der Waals surface area (Å²) in [5.74, 6) is -0.570. The number of nitrogens with zero attached hydrogens (tertiary/aromatic N) is 4. The highest BCUT2D eigenvalue weighted by molar-refractivity contribution is 5.79. The van der Waals surface area contributed by atoms with Crippen LogP contribution in [0, 0.1) is 11.8 Å². The Morgan fingerprint density at radius 2 is 1.79 bits per heavy atom. The minimum absolute atomic E-state index is 0.00911. The van der Waals surface area contributed by atoms with Crippen molar-refractivity contribution >= 4 is 6.02 Å². The standard InChI is InChI=1S/C24H17F2N5O2/c1-31-11-16(10-29-31)15-7-18-22(19(25)8-15)33-20-4-2-13(14-3-5-21(26)28-9-14)6-17(20)24(18)12-32-23(27)30-24/h2-11H,12H2,1H3,(H2,27,30)/t24-/m0/s1. The number of aryl methyl sites for hydroxylation is 1. The lowest BCUT2D eigenvalue weighted by Crippen LogP contribution is -2.31. The normalized spacial score (nSPS) is 18.3. The van der Waals surface area contributed by atoms with Gasteiger partial charge in [-0.05, 0) is 47.5 Å². The second kappa shape index (κ2) is 6.86. The van der Waals surface area contributed by atoms with Crippen molar-refractivity contribution in [2.24, 2.45) is 17.8 Å². The molecule has 1 spiro atoms. The van der Waals surface area contributed by atoms with Crippen molar-refractivity contribution in [1.29, 1.82) is 0 Å². The van der Waals surface area contributed by atoms with E-state index >= 15 is 4.39 Å². The minimum atomic E-state index is -1.10. The topological polar surface area (TPSA) is 87.6 Å². The second-order valence-corrected chi connectivity index (χ2v) is 8.02. The smallest absolute Gasteiger partial charge is 0.283 e. The van der Waals surface area contributed by atoms with Gasteiger partial charge in [0, 0.05) is 41.7 Å². The molecule has 2 N–H and O–H groups in total. The molecule has 1 atom stereocenters. The van der Waals surface area contributed by atoms with E-state index in [1.165, 1.54) is 18.3 Å². The summed E-state index contributed by atoms with van der Waals surface area (Å²) in [6, 6.07) is 11.6. The predicted octanol–water partition coefficient (Wildman–Crippen LogP) is 4.12. The summed E-state index contributed by atoms with van der Waals surface area (Å²) in [5, 5.41) is 4.18. The van der Waals surface area contributed by atoms with Crippen molar-refractivity contribution in [3.63, 3.8) is 0 Å². The molecule has 0 saturated carbocycles. The van der Waals surface area contributed by atoms with Crippen LogP contribution in [0.3, 0.4) is 0 Å². The maximum atomic E-state index is 15.3. The van der Waals surface area contributed by atoms with E-state index in [0.717, 1.165) is 11.1 Å². The molecule has 2 aliphatic rings. The fourth-order valence-electron chi connectivity index (χ4n) is 4.37. The zero-order valence-corrected chi connectivity index (χ0v) is 17.4. The first kappa shape index (κ1) is 19.4. The molecule has 0 aliphatic carbocycles. The Labute approximate surface area is 187 Å². The quantitative estimate of drug-likeness (QED) is 0.469. The Balaban J connectivity index is 1.57. The number of pyridine rings is 1. The largest absolute Gasteiger partial charge is 0.462 e. The molecule has 0 bridgehead atoms. The fourth-order valence-corrected chi connectivity index (χ4v) is 4.37. The zero-order valence-electron chi connectivity index (χ0n) is 17.4. The number of nitrogens with two attached hydrogens (primary N) is 1. The Morgan fingerprint density at radius 1 is 0.970 bits per heavy atom. The number of fused-ring (bicyclic) bond motifs is 4. The van der Waals surface area contributed by atoms with Crippen molar-refractivity contribution in [3.8, 4) is 33.8 Å². The fraction of sp³-hybridized carbons (Fsp3) is 0.125. The number of hydrogen-bond acceptors (Lipinski definition) is 6. The summed E-state index contributed by atoms with van der Waals surface area (Å²) < 4.78 is 41.9. The van der Waals surface area contributed by atoms with E-state index in [1.807, 2.05) is 12.1 Å². The number of ether oxygens (including phenoxy) is 2. The lowest BCUT2D eigenvalue weighted by atomic mass is 9.79. The molecule has 7 nitrogen and oxygen atoms in total. The number of hydrogen-bond donors (Lipinski definition) is 1. The molecular formula is C24H17F2N5O2. The Morgan fingerprint density at radius 3 is 2.48 bits per heavy atom. The molecule has 0 saturated heterocycles. The molecule has 0 fully saturated rings. The molecule has 164 valence electrons. The van der Waals surface area contributed by atoms with Gasteiger partial charge in [-0.25, -0.2) is 14.4 Å². The van der Waals surface area contributed by atoms with Crippen LogP contribution in [0.4, 0.5) is 8.78 Å². The molecule has 9 heteroatoms. The first-order valence-corrected chi connectivity index (χ1v) is 10.2. The van der Waals surface area contributed by atoms with Crippen LogP contribution in [0.15, 0.2) is 66.0 Å². The van der Waals surface area contributed by atoms with E-state index in [-0.39, 0.29) is 18.4 Å². The minimum Gasteiger partial charge on any atom is -0.462 e. The summed E-state index contributed by atoms with van der Waals surface area (Å²) in [6.07, 6.45) is 4.91. The third kappa shape index (κ3) is 2.96. The Kier molecular flexibility index (Phi) is 4.04. The molecule has 2 aromatic heterocycles. The molecule has 0 amide bonds. The van der Waals surface area contributed by atoms with E-state index in [2.05, 4.69) is 15.1 Å². The van der Waals surface area contributed by atoms with Crippen molar-refractivity contribution in [1.82, 2.24) is 14.8 Å². The summed E-state index contributed by atoms with van der Waals surface area (Å²) in [4.78, 5) is 8.36. The average Bonchev–Trinajstić information content (AvgIpc) is 3.41. The molecule has 4 heterocycles. The lowest BCUT2D eigenvalue weighted by Gasteiger charge is -2.34. The zero-order chi connectivity index (χ0) is 22.7. The van der Waals surface area contributed by atoms with E-state index in [4.69, 9.17) is 15.2 Å². The molecule has 4 aromatic rings. The molecule has 6 rings (SSSR count). The van der Waals surface area contributed by atoms with Crippen molar-refractivity contribution < 1.29 is 18.3 Å². The maximum Gasteiger partial charge on any atom is 0.283 e. The molecule has 2 aliphatic heterocycles. The first-order chi connectivity index (χ1) is 15.9. The van der Waals surface area contributed by atoms with Crippen LogP contribution in [-0.2, 0) is 17.3 Å². The van der Waals surface area contributed by atoms with Gasteiger partial charge in [0.05, 0.1) is 6.20 Å². The van der Waals surface area contributed by atoms with Crippen LogP contribution >= 0.6 is 0 Å². The van der Waals surface area contributed by atoms with Crippen LogP contribution in [0.25, 0.3) is 22.3 Å². The predicted molar refractivity (Wildman–Crippen MR) is 117 cm³/mol. The number of rotatable bonds is 2. The highest BCUT2D eigenvalue weighted by atomic mass is 19.1. The van der Waals surface area contributed by atoms with Crippen LogP contribution in [0.2, 0.25) is 0 Å². The van der Waals surface area contributed by atoms with Crippen LogP contribution in [0.5, 0.6) is 11.5 Å². The molecular weight excluding hydrogens is 428 g/mol. The second-order valence-electron chi connectivity index (χ2n) is 8.02. The molecule has 0 radical (unpaired) electrons. The number of aromatic nitrogens is 3. The monoisotopic (exact) mass is 445 g/mol. The van der Waals surface area contributed by atoms with Gasteiger partial charge in [-0.15, -0.1) is 0 Å². The van der Waals surface area contributed by atoms with Gasteiger partial charge in [0.15, 0.2) is 17.1 Å². The summed E-state index contributed by atoms with van der Waals surface area (Å²) in [5.41, 5.74) is 8.88. The van der Waals surface area contributed by atoms with Gasteiger partial charge in [-0.1, -0.05) is 6.07 Å². The van der Waals surface area contributed by atoms with Gasteiger partial charge in [0.25, 0.3) is 6.02 Å². The van der Waals surface area contributed by atoms with E-state index in [0.29, 0.717) is 28.0 Å². The number of benzene rings is 2. The van der Waals surface area contributed by atoms with E-state index < -0.39 is 17.3 Å². The number of halogens is 2. The molecule has 33 heavy (non-hydrogen) atoms. The van der Waals surface area contributed by atoms with Crippen LogP contribution in [0.1, 0.15) is 11.1 Å². The van der Waals surface area contributed by atoms with Crippen LogP contribution in [-0.4, -0.2) is 27.4 Å². The highest BCUT2D eigenvalue weighted by Gasteiger charge is 2.48. The average molecular weight is 445 g/mol. The summed E-state index contributed by atoms with van der Waals surface area (Å²) in [7, 11) is 1.79. The molecule has 0 unspecified atom stereocenters. The van der Waals surface area contributed by atoms with E-state index in [1.54, 1.807) is 42.3 Å². The molecule has 2 aromatic carbocycles. The number of amidine groups is 1. The van der Waals surface area contributed by atoms with Gasteiger partial charge in [0.1, 0.15) is 12.4 Å². The van der Waals surface area contributed by atoms with Crippen molar-refractivity contribution in [3.05, 3.63) is 83.9 Å². The van der Waals surface area contributed by atoms with E-state index in [9.17, 15) is 4.39 Å². The van der Waals surface area contributed by atoms with Gasteiger partial charge < -0.3 is 15.2 Å². The van der Waals surface area contributed by atoms with Crippen molar-refractivity contribution in [2.45, 2.75) is 5.54 Å². The number of aliphatic imine (C=N–C) groups is 1. The third-order valence-corrected chi connectivity index (χ3v) is 5.96. The summed E-state index contributed by atoms with van der Waals surface area (Å²) in [6.45, 7) is 0.0866. The van der Waals surface area contributed by atoms with Crippen molar-refractivity contribution in [2.75, 3.05) is 6.61 Å². The van der Waals surface area contributed by atoms with Gasteiger partial charge >= 0.3 is 0 Å². The Bertz CT molecular complexity index is 1450. The maximum absolute atomic E-state index is 15.3. The lowest BCUT2D eigenvalue weighted by molar-refractivity contribution is 0.262. The SMILES string of the molecule is Cn1cc(-c2cc(F)c3c(c2)[C@]2(COC(N)=N2)c2cc(-c4ccc(F)nc4)ccc2O3)cn1. The third-order valence-electron chi connectivity index (χ3n) is 5.96. The highest BCUT2D eigenvalue weighted by Crippen LogP contribution is 2.53. The van der Waals surface area contributed by atoms with Gasteiger partial charge in [-0.3, -0.25) is 4.68 Å². The summed E-state index contributed by atoms with van der Waals surface area (Å²) >= 11 is 0. The first-order valence-electron chi connectivity index (χ1n) is 10.2. The Hall–Kier alpha value is -4.27. The van der Waals surface area contributed by atoms with Gasteiger partial charge in [0.2, 0.25) is 5.95 Å². The van der Waals surface area contributed by atoms with Gasteiger partial charge in [-0.2, -0.15) is 9.49 Å².